The van der Waals surface area contributed by atoms with Gasteiger partial charge in [-0.25, -0.2) is 8.42 Å². The minimum absolute atomic E-state index is 0.0903. The molecule has 0 bridgehead atoms. The Morgan fingerprint density at radius 3 is 2.55 bits per heavy atom. The second kappa shape index (κ2) is 9.85. The van der Waals surface area contributed by atoms with Crippen molar-refractivity contribution in [3.63, 3.8) is 0 Å². The molecule has 1 fully saturated rings. The summed E-state index contributed by atoms with van der Waals surface area (Å²) in [6.45, 7) is 7.13. The highest BCUT2D eigenvalue weighted by molar-refractivity contribution is 7.89. The maximum atomic E-state index is 13.4. The summed E-state index contributed by atoms with van der Waals surface area (Å²) in [5, 5.41) is 3.44. The summed E-state index contributed by atoms with van der Waals surface area (Å²) in [4.78, 5) is 0.369. The van der Waals surface area contributed by atoms with Crippen LogP contribution in [-0.4, -0.2) is 45.6 Å². The van der Waals surface area contributed by atoms with Gasteiger partial charge >= 0.3 is 0 Å². The van der Waals surface area contributed by atoms with Crippen LogP contribution in [0.15, 0.2) is 53.4 Å². The number of methoxy groups -OCH3 is 1. The van der Waals surface area contributed by atoms with Gasteiger partial charge in [0.05, 0.1) is 11.5 Å². The summed E-state index contributed by atoms with van der Waals surface area (Å²) >= 11 is 0. The minimum Gasteiger partial charge on any atom is -0.383 e. The average Bonchev–Trinajstić information content (AvgIpc) is 3.18. The number of ether oxygens (including phenoxy) is 1. The molecule has 1 N–H and O–H groups in total. The van der Waals surface area contributed by atoms with Gasteiger partial charge in [0.2, 0.25) is 10.0 Å². The van der Waals surface area contributed by atoms with E-state index >= 15 is 0 Å². The summed E-state index contributed by atoms with van der Waals surface area (Å²) in [5.74, 6) is 0.610. The molecule has 158 valence electrons. The van der Waals surface area contributed by atoms with Crippen LogP contribution >= 0.6 is 0 Å². The maximum absolute atomic E-state index is 13.4. The first-order valence-corrected chi connectivity index (χ1v) is 11.8. The van der Waals surface area contributed by atoms with Crippen LogP contribution in [-0.2, 0) is 21.3 Å². The van der Waals surface area contributed by atoms with Crippen molar-refractivity contribution in [2.45, 2.75) is 44.2 Å². The zero-order valence-electron chi connectivity index (χ0n) is 17.6. The monoisotopic (exact) mass is 416 g/mol. The van der Waals surface area contributed by atoms with E-state index in [0.29, 0.717) is 24.0 Å². The van der Waals surface area contributed by atoms with E-state index in [4.69, 9.17) is 4.74 Å². The summed E-state index contributed by atoms with van der Waals surface area (Å²) in [6, 6.07) is 15.4. The van der Waals surface area contributed by atoms with Gasteiger partial charge in [-0.05, 0) is 42.5 Å². The molecule has 0 radical (unpaired) electrons. The quantitative estimate of drug-likeness (QED) is 0.674. The zero-order chi connectivity index (χ0) is 20.9. The van der Waals surface area contributed by atoms with Gasteiger partial charge in [0, 0.05) is 31.8 Å². The van der Waals surface area contributed by atoms with Crippen molar-refractivity contribution in [2.24, 2.45) is 5.92 Å². The number of nitrogens with one attached hydrogen (secondary N) is 1. The van der Waals surface area contributed by atoms with Gasteiger partial charge < -0.3 is 10.1 Å². The fourth-order valence-corrected chi connectivity index (χ4v) is 5.74. The molecule has 1 atom stereocenters. The summed E-state index contributed by atoms with van der Waals surface area (Å²) < 4.78 is 33.8. The molecule has 5 nitrogen and oxygen atoms in total. The van der Waals surface area contributed by atoms with Crippen molar-refractivity contribution in [3.05, 3.63) is 54.1 Å². The number of sulfonamides is 1. The van der Waals surface area contributed by atoms with E-state index in [1.807, 2.05) is 24.3 Å². The first-order chi connectivity index (χ1) is 13.9. The molecule has 2 aromatic rings. The van der Waals surface area contributed by atoms with Gasteiger partial charge in [-0.3, -0.25) is 0 Å². The van der Waals surface area contributed by atoms with Crippen LogP contribution in [0.1, 0.15) is 32.3 Å². The number of nitrogens with zero attached hydrogens (tertiary/aromatic N) is 1. The van der Waals surface area contributed by atoms with E-state index in [1.54, 1.807) is 23.5 Å². The van der Waals surface area contributed by atoms with Crippen LogP contribution in [0.2, 0.25) is 0 Å². The molecule has 0 saturated carbocycles. The lowest BCUT2D eigenvalue weighted by atomic mass is 10.0. The smallest absolute Gasteiger partial charge is 0.244 e. The third kappa shape index (κ3) is 5.25. The summed E-state index contributed by atoms with van der Waals surface area (Å²) in [7, 11) is -1.96. The second-order valence-electron chi connectivity index (χ2n) is 8.08. The Kier molecular flexibility index (Phi) is 7.46. The van der Waals surface area contributed by atoms with Gasteiger partial charge in [-0.1, -0.05) is 56.3 Å². The third-order valence-electron chi connectivity index (χ3n) is 5.30. The average molecular weight is 417 g/mol. The Morgan fingerprint density at radius 1 is 1.14 bits per heavy atom. The first kappa shape index (κ1) is 22.0. The molecule has 1 aliphatic rings. The molecule has 0 aromatic heterocycles. The van der Waals surface area contributed by atoms with E-state index in [2.05, 4.69) is 31.3 Å². The molecule has 0 spiro atoms. The van der Waals surface area contributed by atoms with E-state index in [1.165, 1.54) is 5.56 Å². The molecule has 1 aliphatic heterocycles. The first-order valence-electron chi connectivity index (χ1n) is 10.3. The largest absolute Gasteiger partial charge is 0.383 e. The number of hydrogen-bond donors (Lipinski definition) is 1. The van der Waals surface area contributed by atoms with Crippen molar-refractivity contribution in [1.29, 1.82) is 0 Å². The van der Waals surface area contributed by atoms with E-state index < -0.39 is 10.0 Å². The summed E-state index contributed by atoms with van der Waals surface area (Å²) in [5.41, 5.74) is 2.85. The molecule has 6 heteroatoms. The van der Waals surface area contributed by atoms with Crippen molar-refractivity contribution in [2.75, 3.05) is 26.8 Å². The van der Waals surface area contributed by atoms with Crippen LogP contribution in [0, 0.1) is 5.92 Å². The molecule has 3 rings (SSSR count). The molecular weight excluding hydrogens is 384 g/mol. The topological polar surface area (TPSA) is 58.6 Å². The van der Waals surface area contributed by atoms with Gasteiger partial charge in [0.1, 0.15) is 0 Å². The molecule has 0 amide bonds. The predicted molar refractivity (Wildman–Crippen MR) is 117 cm³/mol. The standard InChI is InChI=1S/C23H32N2O3S/c1-18(2)15-24-16-19-10-12-20(13-11-19)22-8-4-5-9-23(22)29(26,27)25-14-6-7-21(25)17-28-3/h4-5,8-13,18,21,24H,6-7,14-17H2,1-3H3/t21-/m0/s1. The highest BCUT2D eigenvalue weighted by Crippen LogP contribution is 2.33. The Labute approximate surface area is 175 Å². The molecule has 2 aromatic carbocycles. The molecule has 1 saturated heterocycles. The van der Waals surface area contributed by atoms with Crippen LogP contribution in [0.3, 0.4) is 0 Å². The van der Waals surface area contributed by atoms with Crippen molar-refractivity contribution >= 4 is 10.0 Å². The predicted octanol–water partition coefficient (Wildman–Crippen LogP) is 3.90. The molecule has 1 heterocycles. The van der Waals surface area contributed by atoms with E-state index in [-0.39, 0.29) is 6.04 Å². The van der Waals surface area contributed by atoms with Gasteiger partial charge in [-0.15, -0.1) is 0 Å². The Balaban J connectivity index is 1.85. The van der Waals surface area contributed by atoms with Crippen molar-refractivity contribution in [3.8, 4) is 11.1 Å². The van der Waals surface area contributed by atoms with Gasteiger partial charge in [0.15, 0.2) is 0 Å². The fraction of sp³-hybridized carbons (Fsp3) is 0.478. The van der Waals surface area contributed by atoms with Crippen molar-refractivity contribution in [1.82, 2.24) is 9.62 Å². The minimum atomic E-state index is -3.58. The third-order valence-corrected chi connectivity index (χ3v) is 7.31. The zero-order valence-corrected chi connectivity index (χ0v) is 18.4. The Hall–Kier alpha value is -1.73. The molecular formula is C23H32N2O3S. The molecule has 0 aliphatic carbocycles. The normalized spacial score (nSPS) is 17.9. The highest BCUT2D eigenvalue weighted by atomic mass is 32.2. The van der Waals surface area contributed by atoms with Gasteiger partial charge in [-0.2, -0.15) is 4.31 Å². The SMILES string of the molecule is COC[C@@H]1CCCN1S(=O)(=O)c1ccccc1-c1ccc(CNCC(C)C)cc1. The van der Waals surface area contributed by atoms with Gasteiger partial charge in [0.25, 0.3) is 0 Å². The van der Waals surface area contributed by atoms with Crippen LogP contribution < -0.4 is 5.32 Å². The second-order valence-corrected chi connectivity index (χ2v) is 9.94. The maximum Gasteiger partial charge on any atom is 0.244 e. The van der Waals surface area contributed by atoms with E-state index in [0.717, 1.165) is 37.1 Å². The molecule has 29 heavy (non-hydrogen) atoms. The number of benzene rings is 2. The Bertz CT molecular complexity index is 895. The highest BCUT2D eigenvalue weighted by Gasteiger charge is 2.36. The summed E-state index contributed by atoms with van der Waals surface area (Å²) in [6.07, 6.45) is 1.71. The van der Waals surface area contributed by atoms with E-state index in [9.17, 15) is 8.42 Å². The van der Waals surface area contributed by atoms with Crippen LogP contribution in [0.4, 0.5) is 0 Å². The lowest BCUT2D eigenvalue weighted by Crippen LogP contribution is -2.38. The number of rotatable bonds is 9. The Morgan fingerprint density at radius 2 is 1.86 bits per heavy atom. The lowest BCUT2D eigenvalue weighted by Gasteiger charge is -2.24. The number of hydrogen-bond acceptors (Lipinski definition) is 4. The van der Waals surface area contributed by atoms with Crippen LogP contribution in [0.5, 0.6) is 0 Å². The van der Waals surface area contributed by atoms with Crippen LogP contribution in [0.25, 0.3) is 11.1 Å². The fourth-order valence-electron chi connectivity index (χ4n) is 3.85. The van der Waals surface area contributed by atoms with Crippen molar-refractivity contribution < 1.29 is 13.2 Å². The molecule has 0 unspecified atom stereocenters. The lowest BCUT2D eigenvalue weighted by molar-refractivity contribution is 0.149.